The first-order chi connectivity index (χ1) is 10.2. The molecule has 1 N–H and O–H groups in total. The van der Waals surface area contributed by atoms with Crippen molar-refractivity contribution in [3.05, 3.63) is 17.3 Å². The average molecular weight is 308 g/mol. The molecule has 122 valence electrons. The van der Waals surface area contributed by atoms with E-state index in [-0.39, 0.29) is 6.09 Å². The summed E-state index contributed by atoms with van der Waals surface area (Å²) in [5.41, 5.74) is 0.393. The molecular formula is C15H24N4O3. The number of nitrogens with one attached hydrogen (secondary N) is 1. The number of oxazole rings is 1. The molecule has 0 bridgehead atoms. The maximum absolute atomic E-state index is 12.1. The van der Waals surface area contributed by atoms with E-state index in [0.29, 0.717) is 32.1 Å². The number of aliphatic imine (C=N–C) groups is 1. The van der Waals surface area contributed by atoms with Gasteiger partial charge < -0.3 is 14.5 Å². The van der Waals surface area contributed by atoms with Crippen LogP contribution in [0.1, 0.15) is 38.1 Å². The van der Waals surface area contributed by atoms with Gasteiger partial charge in [0.15, 0.2) is 0 Å². The first kappa shape index (κ1) is 16.3. The van der Waals surface area contributed by atoms with Gasteiger partial charge in [-0.1, -0.05) is 0 Å². The molecule has 1 aliphatic heterocycles. The van der Waals surface area contributed by atoms with Crippen molar-refractivity contribution in [2.45, 2.75) is 46.8 Å². The Balaban J connectivity index is 1.88. The molecule has 2 heterocycles. The lowest BCUT2D eigenvalue weighted by Gasteiger charge is -2.29. The molecule has 7 heteroatoms. The lowest BCUT2D eigenvalue weighted by Crippen LogP contribution is -2.47. The zero-order valence-electron chi connectivity index (χ0n) is 13.9. The van der Waals surface area contributed by atoms with Crippen LogP contribution in [0.25, 0.3) is 0 Å². The summed E-state index contributed by atoms with van der Waals surface area (Å²) in [4.78, 5) is 22.4. The number of carbonyl (C=O) groups excluding carboxylic acids is 1. The molecule has 1 amide bonds. The molecule has 22 heavy (non-hydrogen) atoms. The Hall–Kier alpha value is -2.05. The number of aryl methyl sites for hydroxylation is 2. The molecule has 1 aromatic rings. The summed E-state index contributed by atoms with van der Waals surface area (Å²) in [6, 6.07) is 0. The SMILES string of the molecule is Cc1nc(CNC2=NCCN(C(=O)OC(C)(C)C)C2)oc1C. The van der Waals surface area contributed by atoms with Crippen molar-refractivity contribution in [3.63, 3.8) is 0 Å². The summed E-state index contributed by atoms with van der Waals surface area (Å²) in [7, 11) is 0. The second kappa shape index (κ2) is 6.37. The fourth-order valence-electron chi connectivity index (χ4n) is 2.00. The molecule has 0 fully saturated rings. The third-order valence-electron chi connectivity index (χ3n) is 3.18. The van der Waals surface area contributed by atoms with Gasteiger partial charge in [-0.3, -0.25) is 9.89 Å². The van der Waals surface area contributed by atoms with E-state index >= 15 is 0 Å². The average Bonchev–Trinajstić information content (AvgIpc) is 2.74. The van der Waals surface area contributed by atoms with Gasteiger partial charge >= 0.3 is 6.09 Å². The van der Waals surface area contributed by atoms with Crippen LogP contribution in [-0.2, 0) is 11.3 Å². The van der Waals surface area contributed by atoms with E-state index in [1.54, 1.807) is 4.90 Å². The minimum atomic E-state index is -0.494. The maximum Gasteiger partial charge on any atom is 0.410 e. The summed E-state index contributed by atoms with van der Waals surface area (Å²) < 4.78 is 10.9. The number of amides is 1. The summed E-state index contributed by atoms with van der Waals surface area (Å²) in [5, 5.41) is 3.17. The smallest absolute Gasteiger partial charge is 0.410 e. The third kappa shape index (κ3) is 4.47. The van der Waals surface area contributed by atoms with Crippen molar-refractivity contribution in [1.82, 2.24) is 15.2 Å². The molecule has 0 saturated heterocycles. The summed E-state index contributed by atoms with van der Waals surface area (Å²) >= 11 is 0. The third-order valence-corrected chi connectivity index (χ3v) is 3.18. The van der Waals surface area contributed by atoms with Crippen molar-refractivity contribution >= 4 is 11.9 Å². The maximum atomic E-state index is 12.1. The zero-order chi connectivity index (χ0) is 16.3. The summed E-state index contributed by atoms with van der Waals surface area (Å²) in [6.07, 6.45) is -0.315. The van der Waals surface area contributed by atoms with Crippen LogP contribution >= 0.6 is 0 Å². The predicted octanol–water partition coefficient (Wildman–Crippen LogP) is 2.03. The fourth-order valence-corrected chi connectivity index (χ4v) is 2.00. The predicted molar refractivity (Wildman–Crippen MR) is 82.9 cm³/mol. The monoisotopic (exact) mass is 308 g/mol. The second-order valence-electron chi connectivity index (χ2n) is 6.33. The molecule has 7 nitrogen and oxygen atoms in total. The first-order valence-corrected chi connectivity index (χ1v) is 7.42. The van der Waals surface area contributed by atoms with Crippen LogP contribution in [0.15, 0.2) is 9.41 Å². The molecule has 0 radical (unpaired) electrons. The topological polar surface area (TPSA) is 80.0 Å². The van der Waals surface area contributed by atoms with Gasteiger partial charge in [-0.15, -0.1) is 0 Å². The molecule has 1 aromatic heterocycles. The van der Waals surface area contributed by atoms with E-state index in [0.717, 1.165) is 17.3 Å². The Bertz CT molecular complexity index is 552. The number of nitrogens with zero attached hydrogens (tertiary/aromatic N) is 3. The van der Waals surface area contributed by atoms with Crippen molar-refractivity contribution in [1.29, 1.82) is 0 Å². The molecule has 0 aromatic carbocycles. The van der Waals surface area contributed by atoms with Crippen molar-refractivity contribution in [2.75, 3.05) is 19.6 Å². The number of carbonyl (C=O) groups is 1. The van der Waals surface area contributed by atoms with Crippen LogP contribution in [0.3, 0.4) is 0 Å². The van der Waals surface area contributed by atoms with E-state index in [2.05, 4.69) is 15.3 Å². The van der Waals surface area contributed by atoms with Gasteiger partial charge in [0, 0.05) is 6.54 Å². The van der Waals surface area contributed by atoms with Crippen LogP contribution < -0.4 is 5.32 Å². The lowest BCUT2D eigenvalue weighted by molar-refractivity contribution is 0.0276. The van der Waals surface area contributed by atoms with Gasteiger partial charge in [0.25, 0.3) is 0 Å². The Kier molecular flexibility index (Phi) is 4.73. The minimum Gasteiger partial charge on any atom is -0.444 e. The highest BCUT2D eigenvalue weighted by atomic mass is 16.6. The number of amidine groups is 1. The second-order valence-corrected chi connectivity index (χ2v) is 6.33. The van der Waals surface area contributed by atoms with Crippen molar-refractivity contribution < 1.29 is 13.9 Å². The number of aromatic nitrogens is 1. The molecule has 1 aliphatic rings. The number of hydrogen-bond donors (Lipinski definition) is 1. The van der Waals surface area contributed by atoms with Crippen LogP contribution in [0.5, 0.6) is 0 Å². The molecule has 0 saturated carbocycles. The molecule has 0 atom stereocenters. The Labute approximate surface area is 130 Å². The molecular weight excluding hydrogens is 284 g/mol. The molecule has 0 unspecified atom stereocenters. The van der Waals surface area contributed by atoms with Gasteiger partial charge in [-0.2, -0.15) is 0 Å². The van der Waals surface area contributed by atoms with Crippen LogP contribution in [0.2, 0.25) is 0 Å². The molecule has 2 rings (SSSR count). The van der Waals surface area contributed by atoms with Gasteiger partial charge in [0.1, 0.15) is 17.2 Å². The van der Waals surface area contributed by atoms with E-state index in [1.165, 1.54) is 0 Å². The largest absolute Gasteiger partial charge is 0.444 e. The van der Waals surface area contributed by atoms with Crippen molar-refractivity contribution in [3.8, 4) is 0 Å². The van der Waals surface area contributed by atoms with Crippen LogP contribution in [0, 0.1) is 13.8 Å². The quantitative estimate of drug-likeness (QED) is 0.904. The fraction of sp³-hybridized carbons (Fsp3) is 0.667. The highest BCUT2D eigenvalue weighted by Crippen LogP contribution is 2.11. The van der Waals surface area contributed by atoms with Crippen LogP contribution in [0.4, 0.5) is 4.79 Å². The van der Waals surface area contributed by atoms with Gasteiger partial charge in [0.05, 0.1) is 25.3 Å². The van der Waals surface area contributed by atoms with Gasteiger partial charge in [0.2, 0.25) is 5.89 Å². The molecule has 0 spiro atoms. The Morgan fingerprint density at radius 3 is 2.73 bits per heavy atom. The Morgan fingerprint density at radius 1 is 1.41 bits per heavy atom. The zero-order valence-corrected chi connectivity index (χ0v) is 13.9. The standard InChI is InChI=1S/C15H24N4O3/c1-10-11(2)21-13(18-10)8-17-12-9-19(7-6-16-12)14(20)22-15(3,4)5/h6-9H2,1-5H3,(H,16,17). The molecule has 0 aliphatic carbocycles. The van der Waals surface area contributed by atoms with E-state index in [4.69, 9.17) is 9.15 Å². The minimum absolute atomic E-state index is 0.315. The summed E-state index contributed by atoms with van der Waals surface area (Å²) in [6.45, 7) is 11.4. The lowest BCUT2D eigenvalue weighted by atomic mass is 10.2. The normalized spacial score (nSPS) is 15.5. The van der Waals surface area contributed by atoms with E-state index in [1.807, 2.05) is 34.6 Å². The van der Waals surface area contributed by atoms with Crippen molar-refractivity contribution in [2.24, 2.45) is 4.99 Å². The van der Waals surface area contributed by atoms with Gasteiger partial charge in [-0.25, -0.2) is 9.78 Å². The van der Waals surface area contributed by atoms with Gasteiger partial charge in [-0.05, 0) is 34.6 Å². The number of ether oxygens (including phenoxy) is 1. The number of hydrogen-bond acceptors (Lipinski definition) is 6. The van der Waals surface area contributed by atoms with Crippen LogP contribution in [-0.4, -0.2) is 47.0 Å². The summed E-state index contributed by atoms with van der Waals surface area (Å²) in [5.74, 6) is 2.18. The van der Waals surface area contributed by atoms with E-state index < -0.39 is 5.60 Å². The Morgan fingerprint density at radius 2 is 2.14 bits per heavy atom. The highest BCUT2D eigenvalue weighted by Gasteiger charge is 2.25. The highest BCUT2D eigenvalue weighted by molar-refractivity contribution is 5.87. The van der Waals surface area contributed by atoms with E-state index in [9.17, 15) is 4.79 Å². The first-order valence-electron chi connectivity index (χ1n) is 7.42. The number of rotatable bonds is 2.